The normalized spacial score (nSPS) is 15.4. The van der Waals surface area contributed by atoms with E-state index in [4.69, 9.17) is 9.47 Å². The highest BCUT2D eigenvalue weighted by atomic mass is 16.5. The Balaban J connectivity index is 1.40. The molecule has 1 aliphatic carbocycles. The van der Waals surface area contributed by atoms with E-state index >= 15 is 0 Å². The highest BCUT2D eigenvalue weighted by Crippen LogP contribution is 2.29. The lowest BCUT2D eigenvalue weighted by molar-refractivity contribution is -0.134. The van der Waals surface area contributed by atoms with Crippen molar-refractivity contribution in [1.82, 2.24) is 10.2 Å². The molecule has 2 aliphatic rings. The number of hydrogen-bond donors (Lipinski definition) is 2. The Bertz CT molecular complexity index is 1040. The topological polar surface area (TPSA) is 97.0 Å². The summed E-state index contributed by atoms with van der Waals surface area (Å²) in [5.41, 5.74) is 1.41. The van der Waals surface area contributed by atoms with Gasteiger partial charge in [0.2, 0.25) is 0 Å². The van der Waals surface area contributed by atoms with Crippen LogP contribution < -0.4 is 20.1 Å². The molecule has 1 saturated carbocycles. The summed E-state index contributed by atoms with van der Waals surface area (Å²) in [5.74, 6) is 0.297. The Hall–Kier alpha value is -3.55. The molecule has 180 valence electrons. The molecule has 0 radical (unpaired) electrons. The van der Waals surface area contributed by atoms with Gasteiger partial charge in [-0.15, -0.1) is 0 Å². The smallest absolute Gasteiger partial charge is 0.260 e. The summed E-state index contributed by atoms with van der Waals surface area (Å²) < 4.78 is 11.4. The van der Waals surface area contributed by atoms with Gasteiger partial charge >= 0.3 is 0 Å². The van der Waals surface area contributed by atoms with E-state index in [1.807, 2.05) is 11.8 Å². The minimum absolute atomic E-state index is 0.0467. The number of rotatable bonds is 9. The van der Waals surface area contributed by atoms with Crippen molar-refractivity contribution in [3.8, 4) is 11.5 Å². The molecule has 0 bridgehead atoms. The first-order valence-corrected chi connectivity index (χ1v) is 11.9. The zero-order valence-corrected chi connectivity index (χ0v) is 19.5. The van der Waals surface area contributed by atoms with Crippen LogP contribution in [-0.2, 0) is 4.79 Å². The number of anilines is 1. The number of likely N-dealkylation sites (tertiary alicyclic amines) is 1. The molecule has 0 atom stereocenters. The lowest BCUT2D eigenvalue weighted by Gasteiger charge is -2.26. The lowest BCUT2D eigenvalue weighted by atomic mass is 10.1. The second kappa shape index (κ2) is 11.0. The van der Waals surface area contributed by atoms with Gasteiger partial charge in [-0.2, -0.15) is 0 Å². The molecule has 3 amide bonds. The number of ether oxygens (including phenoxy) is 2. The summed E-state index contributed by atoms with van der Waals surface area (Å²) in [6.07, 6.45) is 5.22. The van der Waals surface area contributed by atoms with Crippen LogP contribution in [0.4, 0.5) is 5.69 Å². The third-order valence-electron chi connectivity index (χ3n) is 5.86. The molecule has 8 heteroatoms. The molecule has 0 spiro atoms. The van der Waals surface area contributed by atoms with E-state index < -0.39 is 0 Å². The summed E-state index contributed by atoms with van der Waals surface area (Å²) in [6, 6.07) is 12.0. The molecule has 2 N–H and O–H groups in total. The molecule has 2 aromatic carbocycles. The summed E-state index contributed by atoms with van der Waals surface area (Å²) in [6.45, 7) is 3.70. The fourth-order valence-corrected chi connectivity index (χ4v) is 3.85. The Morgan fingerprint density at radius 1 is 0.912 bits per heavy atom. The van der Waals surface area contributed by atoms with Crippen LogP contribution in [0.2, 0.25) is 0 Å². The molecule has 8 nitrogen and oxygen atoms in total. The van der Waals surface area contributed by atoms with Gasteiger partial charge in [-0.25, -0.2) is 0 Å². The van der Waals surface area contributed by atoms with Crippen LogP contribution in [0.25, 0.3) is 0 Å². The monoisotopic (exact) mass is 465 g/mol. The largest absolute Gasteiger partial charge is 0.490 e. The number of nitrogens with one attached hydrogen (secondary N) is 2. The van der Waals surface area contributed by atoms with Gasteiger partial charge < -0.3 is 25.0 Å². The zero-order valence-electron chi connectivity index (χ0n) is 19.5. The summed E-state index contributed by atoms with van der Waals surface area (Å²) in [7, 11) is 0. The molecule has 4 rings (SSSR count). The number of piperidine rings is 1. The lowest BCUT2D eigenvalue weighted by Crippen LogP contribution is -2.38. The fourth-order valence-electron chi connectivity index (χ4n) is 3.85. The van der Waals surface area contributed by atoms with E-state index in [9.17, 15) is 14.4 Å². The number of hydrogen-bond acceptors (Lipinski definition) is 5. The molecule has 34 heavy (non-hydrogen) atoms. The molecular weight excluding hydrogens is 434 g/mol. The van der Waals surface area contributed by atoms with Crippen LogP contribution in [-0.4, -0.2) is 55.0 Å². The van der Waals surface area contributed by atoms with Crippen molar-refractivity contribution in [1.29, 1.82) is 0 Å². The van der Waals surface area contributed by atoms with Crippen LogP contribution in [0.5, 0.6) is 11.5 Å². The number of carbonyl (C=O) groups excluding carboxylic acids is 3. The van der Waals surface area contributed by atoms with Crippen molar-refractivity contribution < 1.29 is 23.9 Å². The van der Waals surface area contributed by atoms with Gasteiger partial charge in [0.15, 0.2) is 18.1 Å². The van der Waals surface area contributed by atoms with Crippen LogP contribution in [0.15, 0.2) is 42.5 Å². The SMILES string of the molecule is CCOc1cc(C(=O)Nc2cccc(C(=O)NC3CC3)c2)ccc1OCC(=O)N1CCCCC1. The molecule has 1 aliphatic heterocycles. The Morgan fingerprint density at radius 3 is 2.41 bits per heavy atom. The Morgan fingerprint density at radius 2 is 1.68 bits per heavy atom. The quantitative estimate of drug-likeness (QED) is 0.590. The van der Waals surface area contributed by atoms with Gasteiger partial charge in [-0.1, -0.05) is 6.07 Å². The number of amides is 3. The van der Waals surface area contributed by atoms with Crippen LogP contribution in [0.3, 0.4) is 0 Å². The highest BCUT2D eigenvalue weighted by Gasteiger charge is 2.24. The van der Waals surface area contributed by atoms with Crippen molar-refractivity contribution in [2.75, 3.05) is 31.6 Å². The molecule has 0 aromatic heterocycles. The number of carbonyl (C=O) groups is 3. The maximum absolute atomic E-state index is 12.9. The van der Waals surface area contributed by atoms with E-state index in [0.717, 1.165) is 45.2 Å². The van der Waals surface area contributed by atoms with E-state index in [2.05, 4.69) is 10.6 Å². The third kappa shape index (κ3) is 6.27. The van der Waals surface area contributed by atoms with Crippen molar-refractivity contribution in [3.05, 3.63) is 53.6 Å². The molecule has 0 unspecified atom stereocenters. The van der Waals surface area contributed by atoms with Gasteiger partial charge in [-0.05, 0) is 75.4 Å². The maximum Gasteiger partial charge on any atom is 0.260 e. The van der Waals surface area contributed by atoms with Crippen LogP contribution in [0.1, 0.15) is 59.7 Å². The van der Waals surface area contributed by atoms with Crippen LogP contribution in [0, 0.1) is 0 Å². The van der Waals surface area contributed by atoms with Crippen LogP contribution >= 0.6 is 0 Å². The molecule has 2 aromatic rings. The number of benzene rings is 2. The molecule has 2 fully saturated rings. The van der Waals surface area contributed by atoms with E-state index in [1.165, 1.54) is 0 Å². The predicted molar refractivity (Wildman–Crippen MR) is 128 cm³/mol. The average molecular weight is 466 g/mol. The standard InChI is InChI=1S/C26H31N3O5/c1-2-33-23-16-19(9-12-22(23)34-17-24(30)29-13-4-3-5-14-29)26(32)28-21-8-6-7-18(15-21)25(31)27-20-10-11-20/h6-9,12,15-16,20H,2-5,10-11,13-14,17H2,1H3,(H,27,31)(H,28,32). The third-order valence-corrected chi connectivity index (χ3v) is 5.86. The van der Waals surface area contributed by atoms with Gasteiger partial charge in [0, 0.05) is 35.9 Å². The predicted octanol–water partition coefficient (Wildman–Crippen LogP) is 3.62. The fraction of sp³-hybridized carbons (Fsp3) is 0.423. The minimum atomic E-state index is -0.336. The van der Waals surface area contributed by atoms with Crippen molar-refractivity contribution in [2.45, 2.75) is 45.1 Å². The maximum atomic E-state index is 12.9. The Kier molecular flexibility index (Phi) is 7.67. The van der Waals surface area contributed by atoms with E-state index in [-0.39, 0.29) is 30.4 Å². The summed E-state index contributed by atoms with van der Waals surface area (Å²) >= 11 is 0. The molecule has 1 heterocycles. The second-order valence-corrected chi connectivity index (χ2v) is 8.61. The summed E-state index contributed by atoms with van der Waals surface area (Å²) in [4.78, 5) is 39.4. The van der Waals surface area contributed by atoms with Crippen molar-refractivity contribution >= 4 is 23.4 Å². The zero-order chi connectivity index (χ0) is 23.9. The van der Waals surface area contributed by atoms with Gasteiger partial charge in [0.1, 0.15) is 0 Å². The first kappa shape index (κ1) is 23.6. The van der Waals surface area contributed by atoms with Gasteiger partial charge in [0.25, 0.3) is 17.7 Å². The van der Waals surface area contributed by atoms with E-state index in [0.29, 0.717) is 34.9 Å². The highest BCUT2D eigenvalue weighted by molar-refractivity contribution is 6.05. The van der Waals surface area contributed by atoms with Gasteiger partial charge in [-0.3, -0.25) is 14.4 Å². The Labute approximate surface area is 199 Å². The average Bonchev–Trinajstić information content (AvgIpc) is 3.68. The van der Waals surface area contributed by atoms with E-state index in [1.54, 1.807) is 42.5 Å². The minimum Gasteiger partial charge on any atom is -0.490 e. The second-order valence-electron chi connectivity index (χ2n) is 8.61. The first-order valence-electron chi connectivity index (χ1n) is 11.9. The molecule has 1 saturated heterocycles. The van der Waals surface area contributed by atoms with Crippen molar-refractivity contribution in [3.63, 3.8) is 0 Å². The van der Waals surface area contributed by atoms with Gasteiger partial charge in [0.05, 0.1) is 6.61 Å². The first-order chi connectivity index (χ1) is 16.5. The molecular formula is C26H31N3O5. The summed E-state index contributed by atoms with van der Waals surface area (Å²) in [5, 5.41) is 5.77. The number of nitrogens with zero attached hydrogens (tertiary/aromatic N) is 1. The van der Waals surface area contributed by atoms with Crippen molar-refractivity contribution in [2.24, 2.45) is 0 Å².